The molecule has 2 aromatic rings. The van der Waals surface area contributed by atoms with Gasteiger partial charge in [-0.3, -0.25) is 28.8 Å². The molecule has 1 aromatic heterocycles. The van der Waals surface area contributed by atoms with Gasteiger partial charge in [-0.1, -0.05) is 31.1 Å². The van der Waals surface area contributed by atoms with Crippen molar-refractivity contribution in [3.8, 4) is 0 Å². The molecule has 1 aliphatic carbocycles. The smallest absolute Gasteiger partial charge is 0.274 e. The van der Waals surface area contributed by atoms with Crippen LogP contribution in [0, 0.1) is 5.92 Å². The van der Waals surface area contributed by atoms with E-state index >= 15 is 0 Å². The van der Waals surface area contributed by atoms with E-state index in [-0.39, 0.29) is 42.8 Å². The molecule has 2 heterocycles. The second-order valence-corrected chi connectivity index (χ2v) is 11.1. The average molecular weight is 597 g/mol. The molecule has 0 saturated heterocycles. The summed E-state index contributed by atoms with van der Waals surface area (Å²) >= 11 is 0. The Kier molecular flexibility index (Phi) is 9.59. The molecule has 2 aliphatic rings. The molecular formula is C29H36N6O8. The van der Waals surface area contributed by atoms with Gasteiger partial charge in [-0.2, -0.15) is 0 Å². The molecule has 43 heavy (non-hydrogen) atoms. The number of aromatic nitrogens is 1. The van der Waals surface area contributed by atoms with Crippen molar-refractivity contribution < 1.29 is 38.4 Å². The summed E-state index contributed by atoms with van der Waals surface area (Å²) in [6.07, 6.45) is -0.597. The summed E-state index contributed by atoms with van der Waals surface area (Å²) < 4.78 is 5.34. The van der Waals surface area contributed by atoms with Crippen LogP contribution in [-0.2, 0) is 27.3 Å². The Balaban J connectivity index is 1.67. The lowest BCUT2D eigenvalue weighted by Crippen LogP contribution is -2.58. The zero-order chi connectivity index (χ0) is 31.4. The number of amides is 5. The fourth-order valence-corrected chi connectivity index (χ4v) is 5.02. The quantitative estimate of drug-likeness (QED) is 0.316. The van der Waals surface area contributed by atoms with Crippen molar-refractivity contribution >= 4 is 35.3 Å². The first-order chi connectivity index (χ1) is 20.4. The normalized spacial score (nSPS) is 23.0. The number of aliphatic hydroxyl groups is 1. The zero-order valence-electron chi connectivity index (χ0n) is 24.4. The van der Waals surface area contributed by atoms with Crippen molar-refractivity contribution in [1.82, 2.24) is 31.3 Å². The van der Waals surface area contributed by atoms with Gasteiger partial charge < -0.3 is 35.8 Å². The molecule has 1 aliphatic heterocycles. The first kappa shape index (κ1) is 31.3. The number of hydrogen-bond donors (Lipinski definition) is 5. The average Bonchev–Trinajstić information content (AvgIpc) is 3.59. The molecule has 0 saturated carbocycles. The Morgan fingerprint density at radius 1 is 1.00 bits per heavy atom. The number of nitrogens with one attached hydrogen (secondary N) is 4. The number of hydrogen-bond acceptors (Lipinski definition) is 9. The minimum absolute atomic E-state index is 0.0153. The lowest BCUT2D eigenvalue weighted by Gasteiger charge is -2.27. The van der Waals surface area contributed by atoms with E-state index in [1.54, 1.807) is 32.0 Å². The number of rotatable bonds is 3. The van der Waals surface area contributed by atoms with E-state index in [1.807, 2.05) is 0 Å². The van der Waals surface area contributed by atoms with Gasteiger partial charge in [-0.05, 0) is 37.8 Å². The van der Waals surface area contributed by atoms with E-state index in [9.17, 15) is 33.9 Å². The third-order valence-electron chi connectivity index (χ3n) is 7.47. The molecule has 5 amide bonds. The van der Waals surface area contributed by atoms with E-state index in [1.165, 1.54) is 24.8 Å². The molecule has 1 aromatic carbocycles. The fourth-order valence-electron chi connectivity index (χ4n) is 5.02. The molecular weight excluding hydrogens is 560 g/mol. The summed E-state index contributed by atoms with van der Waals surface area (Å²) in [5, 5.41) is 24.2. The summed E-state index contributed by atoms with van der Waals surface area (Å²) in [5.74, 6) is -3.41. The SMILES string of the molecule is CC(C)[C@@H]1NC(=O)[C@H](C)NC(=O)[C@H]([C@@H](C)O)NC(=O)c2cc(on2)CN(C(=O)c2cccc3c2CCC3=O)CCNC1=O. The van der Waals surface area contributed by atoms with Crippen LogP contribution in [0.1, 0.15) is 76.6 Å². The maximum Gasteiger partial charge on any atom is 0.274 e. The summed E-state index contributed by atoms with van der Waals surface area (Å²) in [4.78, 5) is 79.3. The second kappa shape index (κ2) is 13.2. The van der Waals surface area contributed by atoms with E-state index in [2.05, 4.69) is 26.4 Å². The Morgan fingerprint density at radius 3 is 2.44 bits per heavy atom. The van der Waals surface area contributed by atoms with Crippen LogP contribution in [0.15, 0.2) is 28.8 Å². The van der Waals surface area contributed by atoms with Gasteiger partial charge in [0.15, 0.2) is 17.2 Å². The Hall–Kier alpha value is -4.59. The number of ketones is 1. The maximum atomic E-state index is 13.8. The summed E-state index contributed by atoms with van der Waals surface area (Å²) in [5.41, 5.74) is 1.30. The van der Waals surface area contributed by atoms with Gasteiger partial charge >= 0.3 is 0 Å². The molecule has 0 fully saturated rings. The van der Waals surface area contributed by atoms with Crippen LogP contribution in [0.5, 0.6) is 0 Å². The van der Waals surface area contributed by atoms with Crippen molar-refractivity contribution in [2.24, 2.45) is 5.92 Å². The maximum absolute atomic E-state index is 13.8. The number of nitrogens with zero attached hydrogens (tertiary/aromatic N) is 2. The van der Waals surface area contributed by atoms with Gasteiger partial charge in [0, 0.05) is 36.7 Å². The molecule has 0 unspecified atom stereocenters. The van der Waals surface area contributed by atoms with Crippen molar-refractivity contribution in [3.05, 3.63) is 52.4 Å². The largest absolute Gasteiger partial charge is 0.391 e. The fraction of sp³-hybridized carbons (Fsp3) is 0.483. The zero-order valence-corrected chi connectivity index (χ0v) is 24.4. The van der Waals surface area contributed by atoms with Gasteiger partial charge in [0.25, 0.3) is 11.8 Å². The predicted molar refractivity (Wildman–Crippen MR) is 151 cm³/mol. The highest BCUT2D eigenvalue weighted by atomic mass is 16.5. The Morgan fingerprint density at radius 2 is 1.74 bits per heavy atom. The molecule has 0 radical (unpaired) electrons. The Bertz CT molecular complexity index is 1430. The molecule has 5 N–H and O–H groups in total. The van der Waals surface area contributed by atoms with Crippen molar-refractivity contribution in [1.29, 1.82) is 0 Å². The van der Waals surface area contributed by atoms with Crippen LogP contribution in [0.4, 0.5) is 0 Å². The summed E-state index contributed by atoms with van der Waals surface area (Å²) in [6, 6.07) is 2.76. The van der Waals surface area contributed by atoms with Crippen LogP contribution >= 0.6 is 0 Å². The number of aliphatic hydroxyl groups excluding tert-OH is 1. The van der Waals surface area contributed by atoms with E-state index in [4.69, 9.17) is 4.52 Å². The van der Waals surface area contributed by atoms with Gasteiger partial charge in [0.2, 0.25) is 17.7 Å². The van der Waals surface area contributed by atoms with E-state index in [0.29, 0.717) is 29.5 Å². The highest BCUT2D eigenvalue weighted by Crippen LogP contribution is 2.26. The number of benzene rings is 1. The molecule has 14 heteroatoms. The summed E-state index contributed by atoms with van der Waals surface area (Å²) in [6.45, 7) is 6.10. The second-order valence-electron chi connectivity index (χ2n) is 11.1. The van der Waals surface area contributed by atoms with Crippen molar-refractivity contribution in [2.45, 2.75) is 71.3 Å². The number of carbonyl (C=O) groups excluding carboxylic acids is 6. The van der Waals surface area contributed by atoms with Crippen LogP contribution in [0.25, 0.3) is 0 Å². The Labute approximate surface area is 247 Å². The molecule has 4 rings (SSSR count). The number of carbonyl (C=O) groups is 6. The first-order valence-corrected chi connectivity index (χ1v) is 14.1. The lowest BCUT2D eigenvalue weighted by atomic mass is 10.0. The van der Waals surface area contributed by atoms with Gasteiger partial charge in [-0.25, -0.2) is 0 Å². The molecule has 14 nitrogen and oxygen atoms in total. The third kappa shape index (κ3) is 7.08. The standard InChI is InChI=1S/C29H36N6O8/c1-14(2)23-27(40)30-10-11-35(29(42)20-7-5-6-19-18(20)8-9-22(19)37)13-17-12-21(34-43-17)26(39)33-24(16(4)36)28(41)31-15(3)25(38)32-23/h5-7,12,14-16,23-24,36H,8-11,13H2,1-4H3,(H,30,40)(H,31,41)(H,32,38)(H,33,39)/t15-,16+,23-,24-/m0/s1. The third-order valence-corrected chi connectivity index (χ3v) is 7.47. The molecule has 4 atom stereocenters. The minimum atomic E-state index is -1.44. The van der Waals surface area contributed by atoms with Gasteiger partial charge in [0.05, 0.1) is 12.6 Å². The molecule has 2 bridgehead atoms. The van der Waals surface area contributed by atoms with Crippen LogP contribution in [0.3, 0.4) is 0 Å². The van der Waals surface area contributed by atoms with Crippen LogP contribution < -0.4 is 21.3 Å². The molecule has 230 valence electrons. The monoisotopic (exact) mass is 596 g/mol. The topological polar surface area (TPSA) is 200 Å². The molecule has 0 spiro atoms. The predicted octanol–water partition coefficient (Wildman–Crippen LogP) is -0.300. The number of Topliss-reactive ketones (excluding diaryl/α,β-unsaturated/α-hetero) is 1. The van der Waals surface area contributed by atoms with E-state index < -0.39 is 53.8 Å². The van der Waals surface area contributed by atoms with E-state index in [0.717, 1.165) is 0 Å². The van der Waals surface area contributed by atoms with Crippen LogP contribution in [-0.4, -0.2) is 87.8 Å². The van der Waals surface area contributed by atoms with Crippen molar-refractivity contribution in [2.75, 3.05) is 13.1 Å². The number of fused-ring (bicyclic) bond motifs is 3. The van der Waals surface area contributed by atoms with Gasteiger partial charge in [0.1, 0.15) is 18.1 Å². The lowest BCUT2D eigenvalue weighted by molar-refractivity contribution is -0.133. The highest BCUT2D eigenvalue weighted by molar-refractivity contribution is 6.05. The highest BCUT2D eigenvalue weighted by Gasteiger charge is 2.33. The van der Waals surface area contributed by atoms with Crippen molar-refractivity contribution in [3.63, 3.8) is 0 Å². The minimum Gasteiger partial charge on any atom is -0.391 e. The van der Waals surface area contributed by atoms with Crippen LogP contribution in [0.2, 0.25) is 0 Å². The summed E-state index contributed by atoms with van der Waals surface area (Å²) in [7, 11) is 0. The first-order valence-electron chi connectivity index (χ1n) is 14.1. The van der Waals surface area contributed by atoms with Gasteiger partial charge in [-0.15, -0.1) is 0 Å².